The van der Waals surface area contributed by atoms with Gasteiger partial charge in [-0.2, -0.15) is 0 Å². The number of hydrogen-bond donors (Lipinski definition) is 1. The third-order valence-corrected chi connectivity index (χ3v) is 8.48. The van der Waals surface area contributed by atoms with Crippen LogP contribution < -0.4 is 0 Å². The number of unbranched alkanes of at least 4 members (excludes halogenated alkanes) is 4. The van der Waals surface area contributed by atoms with Crippen molar-refractivity contribution < 1.29 is 9.90 Å². The van der Waals surface area contributed by atoms with Gasteiger partial charge >= 0.3 is 5.97 Å². The Hall–Kier alpha value is -2.69. The van der Waals surface area contributed by atoms with E-state index in [1.807, 2.05) is 60.7 Å². The number of aromatic nitrogens is 1. The number of halogens is 1. The van der Waals surface area contributed by atoms with Crippen molar-refractivity contribution in [3.8, 4) is 0 Å². The molecule has 0 aliphatic rings. The normalized spacial score (nSPS) is 13.9. The topological polar surface area (TPSA) is 50.2 Å². The van der Waals surface area contributed by atoms with E-state index in [0.29, 0.717) is 11.4 Å². The number of carboxylic acid groups (broad SMARTS) is 1. The first-order valence-corrected chi connectivity index (χ1v) is 14.2. The Kier molecular flexibility index (Phi) is 9.54. The minimum atomic E-state index is -0.830. The third-order valence-electron chi connectivity index (χ3n) is 7.01. The molecular weight excluding hydrogens is 486 g/mol. The monoisotopic (exact) mass is 519 g/mol. The van der Waals surface area contributed by atoms with E-state index in [1.165, 1.54) is 37.0 Å². The molecule has 3 atom stereocenters. The molecule has 0 aliphatic carbocycles. The number of fused-ring (bicyclic) bond motifs is 1. The van der Waals surface area contributed by atoms with Crippen LogP contribution in [0, 0.1) is 0 Å². The number of benzene rings is 3. The van der Waals surface area contributed by atoms with Crippen molar-refractivity contribution in [3.63, 3.8) is 0 Å². The summed E-state index contributed by atoms with van der Waals surface area (Å²) in [5, 5.41) is 12.0. The first-order chi connectivity index (χ1) is 17.6. The molecule has 0 saturated carbocycles. The summed E-state index contributed by atoms with van der Waals surface area (Å²) in [4.78, 5) is 17.6. The van der Waals surface area contributed by atoms with Gasteiger partial charge in [-0.1, -0.05) is 111 Å². The van der Waals surface area contributed by atoms with Gasteiger partial charge in [-0.25, -0.2) is 4.98 Å². The predicted octanol–water partition coefficient (Wildman–Crippen LogP) is 9.44. The average molecular weight is 520 g/mol. The van der Waals surface area contributed by atoms with Crippen molar-refractivity contribution in [2.45, 2.75) is 69.6 Å². The maximum absolute atomic E-state index is 12.8. The van der Waals surface area contributed by atoms with E-state index in [2.05, 4.69) is 25.1 Å². The molecule has 188 valence electrons. The second-order valence-corrected chi connectivity index (χ2v) is 11.0. The molecule has 4 aromatic rings. The van der Waals surface area contributed by atoms with Crippen LogP contribution in [0.5, 0.6) is 0 Å². The molecular formula is C31H34ClNO2S. The highest BCUT2D eigenvalue weighted by molar-refractivity contribution is 7.18. The molecule has 0 fully saturated rings. The maximum Gasteiger partial charge on any atom is 0.314 e. The quantitative estimate of drug-likeness (QED) is 0.179. The molecule has 1 N–H and O–H groups in total. The standard InChI is InChI=1S/C31H34ClNO2S/c1-2-3-4-5-7-16-23(24-17-10-11-18-26(24)32)21-25(22-14-8-6-9-15-22)29(31(34)35)30-33-27-19-12-13-20-28(27)36-30/h6,8-15,17-20,23,25,29H,2-5,7,16,21H2,1H3,(H,34,35). The van der Waals surface area contributed by atoms with E-state index in [-0.39, 0.29) is 11.8 Å². The summed E-state index contributed by atoms with van der Waals surface area (Å²) in [5.74, 6) is -1.61. The number of hydrogen-bond acceptors (Lipinski definition) is 3. The number of carboxylic acids is 1. The van der Waals surface area contributed by atoms with Crippen LogP contribution in [0.4, 0.5) is 0 Å². The van der Waals surface area contributed by atoms with Gasteiger partial charge in [-0.05, 0) is 48.1 Å². The smallest absolute Gasteiger partial charge is 0.314 e. The van der Waals surface area contributed by atoms with E-state index in [4.69, 9.17) is 16.6 Å². The Morgan fingerprint density at radius 2 is 1.61 bits per heavy atom. The molecule has 3 nitrogen and oxygen atoms in total. The van der Waals surface area contributed by atoms with Crippen molar-refractivity contribution in [3.05, 3.63) is 100 Å². The van der Waals surface area contributed by atoms with Crippen molar-refractivity contribution in [1.29, 1.82) is 0 Å². The first-order valence-electron chi connectivity index (χ1n) is 13.0. The summed E-state index contributed by atoms with van der Waals surface area (Å²) in [7, 11) is 0. The zero-order valence-electron chi connectivity index (χ0n) is 20.8. The molecule has 1 heterocycles. The van der Waals surface area contributed by atoms with Crippen LogP contribution in [0.15, 0.2) is 78.9 Å². The van der Waals surface area contributed by atoms with Crippen molar-refractivity contribution in [1.82, 2.24) is 4.98 Å². The molecule has 0 radical (unpaired) electrons. The summed E-state index contributed by atoms with van der Waals surface area (Å²) in [5.41, 5.74) is 3.00. The largest absolute Gasteiger partial charge is 0.481 e. The Labute approximate surface area is 223 Å². The van der Waals surface area contributed by atoms with Crippen molar-refractivity contribution in [2.24, 2.45) is 0 Å². The maximum atomic E-state index is 12.8. The van der Waals surface area contributed by atoms with E-state index in [0.717, 1.165) is 39.2 Å². The Morgan fingerprint density at radius 1 is 0.917 bits per heavy atom. The molecule has 3 aromatic carbocycles. The van der Waals surface area contributed by atoms with Crippen LogP contribution in [-0.4, -0.2) is 16.1 Å². The SMILES string of the molecule is CCCCCCCC(CC(c1ccccc1)C(C(=O)O)c1nc2ccccc2s1)c1ccccc1Cl. The molecule has 0 saturated heterocycles. The van der Waals surface area contributed by atoms with E-state index in [9.17, 15) is 9.90 Å². The molecule has 0 spiro atoms. The molecule has 0 bridgehead atoms. The second kappa shape index (κ2) is 13.0. The van der Waals surface area contributed by atoms with Gasteiger partial charge in [0.1, 0.15) is 10.9 Å². The lowest BCUT2D eigenvalue weighted by molar-refractivity contribution is -0.139. The fourth-order valence-electron chi connectivity index (χ4n) is 5.15. The summed E-state index contributed by atoms with van der Waals surface area (Å²) >= 11 is 8.19. The summed E-state index contributed by atoms with van der Waals surface area (Å²) in [6.45, 7) is 2.23. The summed E-state index contributed by atoms with van der Waals surface area (Å²) in [6.07, 6.45) is 7.69. The lowest BCUT2D eigenvalue weighted by Gasteiger charge is -2.28. The van der Waals surface area contributed by atoms with Gasteiger partial charge in [0, 0.05) is 10.9 Å². The van der Waals surface area contributed by atoms with E-state index in [1.54, 1.807) is 0 Å². The minimum absolute atomic E-state index is 0.168. The van der Waals surface area contributed by atoms with Crippen LogP contribution in [-0.2, 0) is 4.79 Å². The molecule has 0 aliphatic heterocycles. The third kappa shape index (κ3) is 6.54. The van der Waals surface area contributed by atoms with Crippen LogP contribution in [0.1, 0.15) is 85.8 Å². The number of thiazole rings is 1. The van der Waals surface area contributed by atoms with Gasteiger partial charge < -0.3 is 5.11 Å². The molecule has 36 heavy (non-hydrogen) atoms. The van der Waals surface area contributed by atoms with Crippen molar-refractivity contribution in [2.75, 3.05) is 0 Å². The number of rotatable bonds is 13. The minimum Gasteiger partial charge on any atom is -0.481 e. The van der Waals surface area contributed by atoms with Crippen molar-refractivity contribution >= 4 is 39.1 Å². The molecule has 4 rings (SSSR count). The Morgan fingerprint density at radius 3 is 2.33 bits per heavy atom. The Balaban J connectivity index is 1.71. The van der Waals surface area contributed by atoms with Gasteiger partial charge in [-0.3, -0.25) is 4.79 Å². The fraction of sp³-hybridized carbons (Fsp3) is 0.355. The van der Waals surface area contributed by atoms with Gasteiger partial charge in [0.05, 0.1) is 10.2 Å². The highest BCUT2D eigenvalue weighted by Gasteiger charge is 2.36. The number of aliphatic carboxylic acids is 1. The van der Waals surface area contributed by atoms with Gasteiger partial charge in [0.2, 0.25) is 0 Å². The predicted molar refractivity (Wildman–Crippen MR) is 151 cm³/mol. The number of para-hydroxylation sites is 1. The highest BCUT2D eigenvalue weighted by Crippen LogP contribution is 2.45. The molecule has 5 heteroatoms. The average Bonchev–Trinajstić information content (AvgIpc) is 3.31. The molecule has 0 amide bonds. The number of carbonyl (C=O) groups is 1. The molecule has 3 unspecified atom stereocenters. The first kappa shape index (κ1) is 26.4. The van der Waals surface area contributed by atoms with Gasteiger partial charge in [0.15, 0.2) is 0 Å². The summed E-state index contributed by atoms with van der Waals surface area (Å²) in [6, 6.07) is 26.0. The lowest BCUT2D eigenvalue weighted by atomic mass is 9.76. The zero-order chi connectivity index (χ0) is 25.3. The zero-order valence-corrected chi connectivity index (χ0v) is 22.3. The lowest BCUT2D eigenvalue weighted by Crippen LogP contribution is -2.22. The van der Waals surface area contributed by atoms with Crippen LogP contribution in [0.25, 0.3) is 10.2 Å². The van der Waals surface area contributed by atoms with Gasteiger partial charge in [-0.15, -0.1) is 11.3 Å². The van der Waals surface area contributed by atoms with Crippen LogP contribution in [0.2, 0.25) is 5.02 Å². The van der Waals surface area contributed by atoms with E-state index < -0.39 is 11.9 Å². The molecule has 1 aromatic heterocycles. The van der Waals surface area contributed by atoms with E-state index >= 15 is 0 Å². The summed E-state index contributed by atoms with van der Waals surface area (Å²) < 4.78 is 1.02. The fourth-order valence-corrected chi connectivity index (χ4v) is 6.56. The number of nitrogens with zero attached hydrogens (tertiary/aromatic N) is 1. The van der Waals surface area contributed by atoms with Crippen LogP contribution >= 0.6 is 22.9 Å². The second-order valence-electron chi connectivity index (χ2n) is 9.51. The Bertz CT molecular complexity index is 1220. The van der Waals surface area contributed by atoms with Crippen LogP contribution in [0.3, 0.4) is 0 Å². The highest BCUT2D eigenvalue weighted by atomic mass is 35.5. The van der Waals surface area contributed by atoms with Gasteiger partial charge in [0.25, 0.3) is 0 Å².